The Morgan fingerprint density at radius 2 is 1.79 bits per heavy atom. The van der Waals surface area contributed by atoms with Gasteiger partial charge in [-0.25, -0.2) is 4.79 Å². The largest absolute Gasteiger partial charge is 0.461 e. The van der Waals surface area contributed by atoms with Crippen LogP contribution in [0.1, 0.15) is 20.8 Å². The van der Waals surface area contributed by atoms with Crippen LogP contribution in [-0.4, -0.2) is 34.7 Å². The lowest BCUT2D eigenvalue weighted by molar-refractivity contribution is -0.137. The number of ether oxygens (including phenoxy) is 1. The summed E-state index contributed by atoms with van der Waals surface area (Å²) in [5, 5.41) is 0. The highest BCUT2D eigenvalue weighted by molar-refractivity contribution is 6.44. The van der Waals surface area contributed by atoms with E-state index in [1.165, 1.54) is 0 Å². The third-order valence-corrected chi connectivity index (χ3v) is 2.88. The fraction of sp³-hybridized carbons (Fsp3) is 0.667. The number of carbonyl (C=O) groups is 1. The number of carbonyl (C=O) groups excluding carboxylic acids is 1. The molecular weight excluding hydrogens is 200 g/mol. The lowest BCUT2D eigenvalue weighted by Gasteiger charge is -2.12. The van der Waals surface area contributed by atoms with E-state index in [9.17, 15) is 4.79 Å². The molecule has 0 bridgehead atoms. The van der Waals surface area contributed by atoms with E-state index in [2.05, 4.69) is 6.58 Å². The summed E-state index contributed by atoms with van der Waals surface area (Å²) >= 11 is 0. The Morgan fingerprint density at radius 3 is 2.14 bits per heavy atom. The first-order valence-corrected chi connectivity index (χ1v) is 6.08. The molecule has 0 aromatic heterocycles. The van der Waals surface area contributed by atoms with Crippen LogP contribution in [0.2, 0.25) is 0 Å². The van der Waals surface area contributed by atoms with Crippen molar-refractivity contribution in [2.75, 3.05) is 19.4 Å². The van der Waals surface area contributed by atoms with Crippen molar-refractivity contribution in [3.8, 4) is 0 Å². The van der Waals surface area contributed by atoms with Gasteiger partial charge < -0.3 is 13.6 Å². The SMILES string of the molecule is C=C(C)C(=O)OC[Si](OCC)OCC. The van der Waals surface area contributed by atoms with Gasteiger partial charge in [0.05, 0.1) is 0 Å². The summed E-state index contributed by atoms with van der Waals surface area (Å²) in [5.41, 5.74) is 0.388. The lowest BCUT2D eigenvalue weighted by Crippen LogP contribution is -2.30. The van der Waals surface area contributed by atoms with Gasteiger partial charge in [-0.1, -0.05) is 6.58 Å². The molecule has 0 atom stereocenters. The highest BCUT2D eigenvalue weighted by Gasteiger charge is 2.17. The average molecular weight is 217 g/mol. The van der Waals surface area contributed by atoms with Crippen LogP contribution in [0.15, 0.2) is 12.2 Å². The molecule has 0 saturated carbocycles. The van der Waals surface area contributed by atoms with Crippen molar-refractivity contribution in [2.45, 2.75) is 20.8 Å². The van der Waals surface area contributed by atoms with Crippen molar-refractivity contribution in [3.63, 3.8) is 0 Å². The average Bonchev–Trinajstić information content (AvgIpc) is 2.14. The standard InChI is InChI=1S/C9H17O4Si/c1-5-12-14(13-6-2)7-11-9(10)8(3)4/h3,5-7H2,1-2,4H3. The number of rotatable bonds is 7. The smallest absolute Gasteiger partial charge is 0.426 e. The van der Waals surface area contributed by atoms with Crippen molar-refractivity contribution < 1.29 is 18.4 Å². The Kier molecular flexibility index (Phi) is 7.36. The molecule has 0 aromatic rings. The lowest BCUT2D eigenvalue weighted by atomic mass is 10.4. The summed E-state index contributed by atoms with van der Waals surface area (Å²) in [6.07, 6.45) is 0.206. The Hall–Kier alpha value is -0.653. The van der Waals surface area contributed by atoms with Crippen LogP contribution in [0, 0.1) is 0 Å². The highest BCUT2D eigenvalue weighted by atomic mass is 28.3. The minimum absolute atomic E-state index is 0.206. The van der Waals surface area contributed by atoms with Crippen LogP contribution in [0.5, 0.6) is 0 Å². The molecule has 0 aliphatic carbocycles. The van der Waals surface area contributed by atoms with E-state index < -0.39 is 15.3 Å². The molecule has 1 radical (unpaired) electrons. The van der Waals surface area contributed by atoms with Crippen LogP contribution in [0.3, 0.4) is 0 Å². The van der Waals surface area contributed by atoms with Gasteiger partial charge in [0.25, 0.3) is 0 Å². The zero-order valence-corrected chi connectivity index (χ0v) is 9.96. The molecule has 0 aliphatic heterocycles. The molecule has 0 aliphatic rings. The second kappa shape index (κ2) is 7.72. The predicted molar refractivity (Wildman–Crippen MR) is 54.8 cm³/mol. The van der Waals surface area contributed by atoms with E-state index >= 15 is 0 Å². The number of hydrogen-bond donors (Lipinski definition) is 0. The second-order valence-electron chi connectivity index (χ2n) is 2.59. The van der Waals surface area contributed by atoms with Crippen LogP contribution >= 0.6 is 0 Å². The Labute approximate surface area is 86.7 Å². The van der Waals surface area contributed by atoms with E-state index in [1.807, 2.05) is 13.8 Å². The third kappa shape index (κ3) is 5.90. The predicted octanol–water partition coefficient (Wildman–Crippen LogP) is 1.21. The maximum Gasteiger partial charge on any atom is 0.426 e. The maximum atomic E-state index is 11.0. The minimum atomic E-state index is -1.46. The summed E-state index contributed by atoms with van der Waals surface area (Å²) in [5.74, 6) is -0.396. The summed E-state index contributed by atoms with van der Waals surface area (Å²) < 4.78 is 15.5. The molecule has 0 amide bonds. The van der Waals surface area contributed by atoms with Crippen LogP contribution in [-0.2, 0) is 18.4 Å². The monoisotopic (exact) mass is 217 g/mol. The van der Waals surface area contributed by atoms with Crippen LogP contribution < -0.4 is 0 Å². The first-order valence-electron chi connectivity index (χ1n) is 4.55. The number of esters is 1. The normalized spacial score (nSPS) is 10.3. The van der Waals surface area contributed by atoms with Crippen LogP contribution in [0.25, 0.3) is 0 Å². The first kappa shape index (κ1) is 13.3. The van der Waals surface area contributed by atoms with Gasteiger partial charge >= 0.3 is 15.3 Å². The Bertz CT molecular complexity index is 187. The minimum Gasteiger partial charge on any atom is -0.461 e. The second-order valence-corrected chi connectivity index (χ2v) is 4.20. The van der Waals surface area contributed by atoms with Crippen molar-refractivity contribution in [1.82, 2.24) is 0 Å². The zero-order valence-electron chi connectivity index (χ0n) is 8.96. The van der Waals surface area contributed by atoms with Gasteiger partial charge in [-0.3, -0.25) is 0 Å². The van der Waals surface area contributed by atoms with Gasteiger partial charge in [-0.2, -0.15) is 0 Å². The van der Waals surface area contributed by atoms with Gasteiger partial charge in [0.1, 0.15) is 6.23 Å². The summed E-state index contributed by atoms with van der Waals surface area (Å²) in [7, 11) is -1.46. The van der Waals surface area contributed by atoms with E-state index in [-0.39, 0.29) is 6.23 Å². The molecule has 0 saturated heterocycles. The van der Waals surface area contributed by atoms with Gasteiger partial charge in [0.2, 0.25) is 0 Å². The van der Waals surface area contributed by atoms with Gasteiger partial charge in [-0.05, 0) is 20.8 Å². The van der Waals surface area contributed by atoms with Gasteiger partial charge in [-0.15, -0.1) is 0 Å². The fourth-order valence-corrected chi connectivity index (χ4v) is 1.84. The maximum absolute atomic E-state index is 11.0. The molecule has 0 aromatic carbocycles. The van der Waals surface area contributed by atoms with Gasteiger partial charge in [0, 0.05) is 18.8 Å². The zero-order chi connectivity index (χ0) is 11.0. The first-order chi connectivity index (χ1) is 6.61. The van der Waals surface area contributed by atoms with Crippen LogP contribution in [0.4, 0.5) is 0 Å². The van der Waals surface area contributed by atoms with Crippen molar-refractivity contribution in [2.24, 2.45) is 0 Å². The Balaban J connectivity index is 3.80. The highest BCUT2D eigenvalue weighted by Crippen LogP contribution is 1.96. The molecule has 14 heavy (non-hydrogen) atoms. The van der Waals surface area contributed by atoms with E-state index in [0.29, 0.717) is 18.8 Å². The molecule has 0 rings (SSSR count). The van der Waals surface area contributed by atoms with E-state index in [0.717, 1.165) is 0 Å². The third-order valence-electron chi connectivity index (χ3n) is 1.28. The van der Waals surface area contributed by atoms with Crippen molar-refractivity contribution in [1.29, 1.82) is 0 Å². The summed E-state index contributed by atoms with van der Waals surface area (Å²) in [6, 6.07) is 0. The molecule has 4 nitrogen and oxygen atoms in total. The van der Waals surface area contributed by atoms with Crippen molar-refractivity contribution >= 4 is 15.3 Å². The molecule has 81 valence electrons. The fourth-order valence-electron chi connectivity index (χ4n) is 0.695. The van der Waals surface area contributed by atoms with E-state index in [1.54, 1.807) is 6.92 Å². The molecule has 5 heteroatoms. The summed E-state index contributed by atoms with van der Waals surface area (Å²) in [6.45, 7) is 9.98. The molecule has 0 unspecified atom stereocenters. The topological polar surface area (TPSA) is 44.8 Å². The number of hydrogen-bond acceptors (Lipinski definition) is 4. The Morgan fingerprint density at radius 1 is 1.29 bits per heavy atom. The van der Waals surface area contributed by atoms with E-state index in [4.69, 9.17) is 13.6 Å². The molecule has 0 heterocycles. The molecule has 0 spiro atoms. The molecule has 0 fully saturated rings. The quantitative estimate of drug-likeness (QED) is 0.365. The molecular formula is C9H17O4Si. The summed E-state index contributed by atoms with van der Waals surface area (Å²) in [4.78, 5) is 11.0. The molecule has 0 N–H and O–H groups in total. The van der Waals surface area contributed by atoms with Gasteiger partial charge in [0.15, 0.2) is 0 Å². The van der Waals surface area contributed by atoms with Crippen molar-refractivity contribution in [3.05, 3.63) is 12.2 Å².